The predicted octanol–water partition coefficient (Wildman–Crippen LogP) is 3.32. The maximum absolute atomic E-state index is 13.2. The number of likely N-dealkylation sites (tertiary alicyclic amines) is 2. The molecule has 0 radical (unpaired) electrons. The Hall–Kier alpha value is -0.150. The van der Waals surface area contributed by atoms with Crippen molar-refractivity contribution < 1.29 is 4.39 Å². The average molecular weight is 282 g/mol. The molecule has 0 unspecified atom stereocenters. The van der Waals surface area contributed by atoms with Crippen molar-refractivity contribution in [2.75, 3.05) is 32.7 Å². The molecular formula is C17H31FN2. The zero-order chi connectivity index (χ0) is 13.9. The molecule has 3 fully saturated rings. The van der Waals surface area contributed by atoms with Crippen molar-refractivity contribution in [2.24, 2.45) is 11.8 Å². The SMILES string of the molecule is CC1CCC(N2CCC(CN3CC[C@H](F)C3)CC2)CC1. The molecule has 2 aliphatic heterocycles. The maximum Gasteiger partial charge on any atom is 0.114 e. The Morgan fingerprint density at radius 1 is 0.900 bits per heavy atom. The Morgan fingerprint density at radius 2 is 1.60 bits per heavy atom. The summed E-state index contributed by atoms with van der Waals surface area (Å²) in [5, 5.41) is 0. The minimum atomic E-state index is -0.556. The highest BCUT2D eigenvalue weighted by Crippen LogP contribution is 2.30. The van der Waals surface area contributed by atoms with Gasteiger partial charge in [-0.05, 0) is 69.9 Å². The fraction of sp³-hybridized carbons (Fsp3) is 1.00. The standard InChI is InChI=1S/C17H31FN2/c1-14-2-4-17(5-3-14)20-10-6-15(7-11-20)12-19-9-8-16(18)13-19/h14-17H,2-13H2,1H3/t14?,16-,17?/m0/s1. The van der Waals surface area contributed by atoms with E-state index in [1.165, 1.54) is 51.6 Å². The van der Waals surface area contributed by atoms with E-state index in [-0.39, 0.29) is 0 Å². The van der Waals surface area contributed by atoms with Crippen LogP contribution in [-0.2, 0) is 0 Å². The molecule has 2 heterocycles. The first-order chi connectivity index (χ1) is 9.70. The molecule has 0 amide bonds. The van der Waals surface area contributed by atoms with Crippen molar-refractivity contribution in [3.63, 3.8) is 0 Å². The summed E-state index contributed by atoms with van der Waals surface area (Å²) in [4.78, 5) is 5.11. The summed E-state index contributed by atoms with van der Waals surface area (Å²) in [6, 6.07) is 0.870. The third-order valence-corrected chi connectivity index (χ3v) is 5.88. The van der Waals surface area contributed by atoms with Gasteiger partial charge in [0.1, 0.15) is 6.17 Å². The average Bonchev–Trinajstić information content (AvgIpc) is 2.86. The number of rotatable bonds is 3. The summed E-state index contributed by atoms with van der Waals surface area (Å²) in [6.07, 6.45) is 8.56. The Balaban J connectivity index is 1.38. The van der Waals surface area contributed by atoms with Gasteiger partial charge >= 0.3 is 0 Å². The molecule has 1 atom stereocenters. The normalized spacial score (nSPS) is 38.4. The van der Waals surface area contributed by atoms with Crippen molar-refractivity contribution in [1.82, 2.24) is 9.80 Å². The van der Waals surface area contributed by atoms with E-state index in [0.29, 0.717) is 6.54 Å². The molecule has 0 aromatic carbocycles. The molecule has 0 spiro atoms. The number of piperidine rings is 1. The monoisotopic (exact) mass is 282 g/mol. The molecule has 0 aromatic rings. The van der Waals surface area contributed by atoms with Crippen LogP contribution in [0.3, 0.4) is 0 Å². The second-order valence-corrected chi connectivity index (χ2v) is 7.54. The van der Waals surface area contributed by atoms with Crippen LogP contribution in [0.15, 0.2) is 0 Å². The smallest absolute Gasteiger partial charge is 0.114 e. The molecule has 116 valence electrons. The van der Waals surface area contributed by atoms with Crippen LogP contribution in [0, 0.1) is 11.8 Å². The molecule has 20 heavy (non-hydrogen) atoms. The van der Waals surface area contributed by atoms with Crippen LogP contribution in [0.5, 0.6) is 0 Å². The molecule has 0 aromatic heterocycles. The van der Waals surface area contributed by atoms with Gasteiger partial charge in [-0.1, -0.05) is 6.92 Å². The number of hydrogen-bond acceptors (Lipinski definition) is 2. The molecule has 0 bridgehead atoms. The fourth-order valence-corrected chi connectivity index (χ4v) is 4.42. The first kappa shape index (κ1) is 14.8. The Labute approximate surface area is 123 Å². The quantitative estimate of drug-likeness (QED) is 0.783. The Kier molecular flexibility index (Phi) is 4.98. The lowest BCUT2D eigenvalue weighted by molar-refractivity contribution is 0.0859. The Morgan fingerprint density at radius 3 is 2.20 bits per heavy atom. The van der Waals surface area contributed by atoms with Gasteiger partial charge < -0.3 is 9.80 Å². The van der Waals surface area contributed by atoms with Gasteiger partial charge in [-0.3, -0.25) is 0 Å². The van der Waals surface area contributed by atoms with Gasteiger partial charge in [0.2, 0.25) is 0 Å². The van der Waals surface area contributed by atoms with Gasteiger partial charge in [0.25, 0.3) is 0 Å². The second kappa shape index (κ2) is 6.74. The lowest BCUT2D eigenvalue weighted by Gasteiger charge is -2.41. The minimum absolute atomic E-state index is 0.556. The van der Waals surface area contributed by atoms with Crippen LogP contribution in [0.2, 0.25) is 0 Å². The highest BCUT2D eigenvalue weighted by atomic mass is 19.1. The molecule has 2 saturated heterocycles. The maximum atomic E-state index is 13.2. The largest absolute Gasteiger partial charge is 0.300 e. The van der Waals surface area contributed by atoms with Crippen LogP contribution in [0.25, 0.3) is 0 Å². The predicted molar refractivity (Wildman–Crippen MR) is 81.7 cm³/mol. The highest BCUT2D eigenvalue weighted by molar-refractivity contribution is 4.84. The van der Waals surface area contributed by atoms with Crippen molar-refractivity contribution >= 4 is 0 Å². The summed E-state index contributed by atoms with van der Waals surface area (Å²) in [5.74, 6) is 1.77. The van der Waals surface area contributed by atoms with Gasteiger partial charge in [-0.2, -0.15) is 0 Å². The third-order valence-electron chi connectivity index (χ3n) is 5.88. The summed E-state index contributed by atoms with van der Waals surface area (Å²) in [5.41, 5.74) is 0. The van der Waals surface area contributed by atoms with E-state index in [4.69, 9.17) is 0 Å². The van der Waals surface area contributed by atoms with Crippen molar-refractivity contribution in [2.45, 2.75) is 64.1 Å². The second-order valence-electron chi connectivity index (χ2n) is 7.54. The highest BCUT2D eigenvalue weighted by Gasteiger charge is 2.30. The zero-order valence-electron chi connectivity index (χ0n) is 13.1. The van der Waals surface area contributed by atoms with Crippen molar-refractivity contribution in [3.05, 3.63) is 0 Å². The number of halogens is 1. The van der Waals surface area contributed by atoms with Crippen LogP contribution in [0.4, 0.5) is 4.39 Å². The molecule has 3 rings (SSSR count). The Bertz CT molecular complexity index is 293. The molecule has 2 nitrogen and oxygen atoms in total. The van der Waals surface area contributed by atoms with Crippen LogP contribution in [0.1, 0.15) is 51.9 Å². The van der Waals surface area contributed by atoms with Crippen molar-refractivity contribution in [1.29, 1.82) is 0 Å². The summed E-state index contributed by atoms with van der Waals surface area (Å²) >= 11 is 0. The molecule has 0 N–H and O–H groups in total. The van der Waals surface area contributed by atoms with E-state index >= 15 is 0 Å². The summed E-state index contributed by atoms with van der Waals surface area (Å²) in [6.45, 7) is 7.81. The lowest BCUT2D eigenvalue weighted by Crippen LogP contribution is -2.44. The van der Waals surface area contributed by atoms with Gasteiger partial charge in [-0.15, -0.1) is 0 Å². The van der Waals surface area contributed by atoms with Crippen LogP contribution < -0.4 is 0 Å². The first-order valence-corrected chi connectivity index (χ1v) is 8.81. The van der Waals surface area contributed by atoms with Crippen molar-refractivity contribution in [3.8, 4) is 0 Å². The van der Waals surface area contributed by atoms with E-state index in [1.807, 2.05) is 0 Å². The van der Waals surface area contributed by atoms with Gasteiger partial charge in [0.05, 0.1) is 0 Å². The first-order valence-electron chi connectivity index (χ1n) is 8.81. The summed E-state index contributed by atoms with van der Waals surface area (Å²) < 4.78 is 13.2. The van der Waals surface area contributed by atoms with Gasteiger partial charge in [-0.25, -0.2) is 4.39 Å². The van der Waals surface area contributed by atoms with Gasteiger partial charge in [0, 0.05) is 25.7 Å². The van der Waals surface area contributed by atoms with Crippen LogP contribution in [-0.4, -0.2) is 54.7 Å². The zero-order valence-corrected chi connectivity index (χ0v) is 13.1. The third kappa shape index (κ3) is 3.73. The number of nitrogens with zero attached hydrogens (tertiary/aromatic N) is 2. The summed E-state index contributed by atoms with van der Waals surface area (Å²) in [7, 11) is 0. The molecule has 1 saturated carbocycles. The molecule has 1 aliphatic carbocycles. The topological polar surface area (TPSA) is 6.48 Å². The van der Waals surface area contributed by atoms with E-state index < -0.39 is 6.17 Å². The molecular weight excluding hydrogens is 251 g/mol. The molecule has 3 heteroatoms. The van der Waals surface area contributed by atoms with E-state index in [9.17, 15) is 4.39 Å². The van der Waals surface area contributed by atoms with E-state index in [0.717, 1.165) is 37.4 Å². The van der Waals surface area contributed by atoms with E-state index in [1.54, 1.807) is 0 Å². The van der Waals surface area contributed by atoms with Gasteiger partial charge in [0.15, 0.2) is 0 Å². The number of hydrogen-bond donors (Lipinski definition) is 0. The minimum Gasteiger partial charge on any atom is -0.300 e. The van der Waals surface area contributed by atoms with E-state index in [2.05, 4.69) is 16.7 Å². The fourth-order valence-electron chi connectivity index (χ4n) is 4.42. The lowest BCUT2D eigenvalue weighted by atomic mass is 9.85. The van der Waals surface area contributed by atoms with Crippen LogP contribution >= 0.6 is 0 Å². The molecule has 3 aliphatic rings. The number of alkyl halides is 1.